The summed E-state index contributed by atoms with van der Waals surface area (Å²) in [6.45, 7) is 0. The lowest BCUT2D eigenvalue weighted by Crippen LogP contribution is -1.94. The third-order valence-corrected chi connectivity index (χ3v) is 1.45. The Labute approximate surface area is 60.4 Å². The molecule has 0 N–H and O–H groups in total. The van der Waals surface area contributed by atoms with E-state index < -0.39 is 0 Å². The predicted octanol–water partition coefficient (Wildman–Crippen LogP) is 1.76. The predicted molar refractivity (Wildman–Crippen MR) is 38.0 cm³/mol. The number of hydrogen-bond acceptors (Lipinski definition) is 2. The zero-order chi connectivity index (χ0) is 7.40. The van der Waals surface area contributed by atoms with Crippen molar-refractivity contribution in [1.82, 2.24) is 0 Å². The van der Waals surface area contributed by atoms with Gasteiger partial charge in [0.1, 0.15) is 11.8 Å². The molecule has 0 atom stereocenters. The number of hydrogen-bond donors (Lipinski definition) is 0. The normalized spacial score (nSPS) is 16.8. The molecule has 0 saturated heterocycles. The molecule has 0 spiro atoms. The van der Waals surface area contributed by atoms with E-state index in [1.165, 1.54) is 0 Å². The molecule has 0 bridgehead atoms. The van der Waals surface area contributed by atoms with E-state index in [-0.39, 0.29) is 0 Å². The molecule has 0 fully saturated rings. The summed E-state index contributed by atoms with van der Waals surface area (Å²) >= 11 is 0. The van der Waals surface area contributed by atoms with Gasteiger partial charge in [-0.25, -0.2) is 0 Å². The molecular weight excluding hydrogens is 126 g/mol. The average Bonchev–Trinajstić information content (AvgIpc) is 2.04. The van der Waals surface area contributed by atoms with Gasteiger partial charge in [-0.1, -0.05) is 6.08 Å². The van der Waals surface area contributed by atoms with E-state index >= 15 is 0 Å². The van der Waals surface area contributed by atoms with Crippen LogP contribution in [0, 0.1) is 11.3 Å². The van der Waals surface area contributed by atoms with Gasteiger partial charge in [-0.2, -0.15) is 5.26 Å². The van der Waals surface area contributed by atoms with Crippen molar-refractivity contribution in [3.8, 4) is 6.07 Å². The first-order chi connectivity index (χ1) is 4.88. The first-order valence-electron chi connectivity index (χ1n) is 3.23. The highest BCUT2D eigenvalue weighted by Crippen LogP contribution is 2.17. The van der Waals surface area contributed by atoms with Crippen molar-refractivity contribution >= 4 is 0 Å². The molecule has 0 saturated carbocycles. The smallest absolute Gasteiger partial charge is 0.132 e. The highest BCUT2D eigenvalue weighted by molar-refractivity contribution is 5.39. The first-order valence-corrected chi connectivity index (χ1v) is 3.23. The zero-order valence-electron chi connectivity index (χ0n) is 5.92. The van der Waals surface area contributed by atoms with Gasteiger partial charge >= 0.3 is 0 Å². The van der Waals surface area contributed by atoms with Crippen LogP contribution in [0.2, 0.25) is 0 Å². The molecule has 52 valence electrons. The van der Waals surface area contributed by atoms with Crippen molar-refractivity contribution in [3.05, 3.63) is 23.5 Å². The van der Waals surface area contributed by atoms with Crippen molar-refractivity contribution < 1.29 is 4.74 Å². The summed E-state index contributed by atoms with van der Waals surface area (Å²) in [5, 5.41) is 8.55. The first kappa shape index (κ1) is 6.88. The highest BCUT2D eigenvalue weighted by Gasteiger charge is 2.06. The quantitative estimate of drug-likeness (QED) is 0.548. The molecule has 2 nitrogen and oxygen atoms in total. The molecule has 10 heavy (non-hydrogen) atoms. The Morgan fingerprint density at radius 3 is 2.70 bits per heavy atom. The molecule has 2 heteroatoms. The Morgan fingerprint density at radius 1 is 1.50 bits per heavy atom. The maximum absolute atomic E-state index is 8.55. The second kappa shape index (κ2) is 3.07. The molecule has 1 aliphatic rings. The van der Waals surface area contributed by atoms with Crippen LogP contribution in [0.5, 0.6) is 0 Å². The number of methoxy groups -OCH3 is 1. The van der Waals surface area contributed by atoms with Crippen LogP contribution < -0.4 is 0 Å². The average molecular weight is 135 g/mol. The fourth-order valence-electron chi connectivity index (χ4n) is 0.947. The van der Waals surface area contributed by atoms with Crippen LogP contribution in [0.1, 0.15) is 12.8 Å². The summed E-state index contributed by atoms with van der Waals surface area (Å²) in [5.74, 6) is 0.716. The molecule has 0 radical (unpaired) electrons. The van der Waals surface area contributed by atoms with Crippen LogP contribution in [0.3, 0.4) is 0 Å². The number of ether oxygens (including phenoxy) is 1. The van der Waals surface area contributed by atoms with Crippen molar-refractivity contribution in [1.29, 1.82) is 5.26 Å². The van der Waals surface area contributed by atoms with Gasteiger partial charge in [-0.05, 0) is 18.9 Å². The topological polar surface area (TPSA) is 33.0 Å². The lowest BCUT2D eigenvalue weighted by atomic mass is 10.1. The summed E-state index contributed by atoms with van der Waals surface area (Å²) in [6.07, 6.45) is 5.78. The van der Waals surface area contributed by atoms with Gasteiger partial charge in [0.15, 0.2) is 0 Å². The summed E-state index contributed by atoms with van der Waals surface area (Å²) in [7, 11) is 1.59. The van der Waals surface area contributed by atoms with E-state index in [4.69, 9.17) is 10.00 Å². The second-order valence-electron chi connectivity index (χ2n) is 2.08. The SMILES string of the molecule is COC1=CCCC=C1C#N. The Kier molecular flexibility index (Phi) is 2.11. The lowest BCUT2D eigenvalue weighted by molar-refractivity contribution is 0.299. The molecule has 0 unspecified atom stereocenters. The molecule has 0 aliphatic heterocycles. The van der Waals surface area contributed by atoms with Crippen LogP contribution in [-0.2, 0) is 4.74 Å². The fourth-order valence-corrected chi connectivity index (χ4v) is 0.947. The van der Waals surface area contributed by atoms with Crippen molar-refractivity contribution in [2.45, 2.75) is 12.8 Å². The minimum Gasteiger partial charge on any atom is -0.496 e. The zero-order valence-corrected chi connectivity index (χ0v) is 5.92. The Balaban J connectivity index is 2.80. The summed E-state index contributed by atoms with van der Waals surface area (Å²) < 4.78 is 4.96. The summed E-state index contributed by atoms with van der Waals surface area (Å²) in [5.41, 5.74) is 0.661. The minimum absolute atomic E-state index is 0.661. The van der Waals surface area contributed by atoms with Crippen LogP contribution in [0.4, 0.5) is 0 Å². The van der Waals surface area contributed by atoms with Crippen molar-refractivity contribution in [3.63, 3.8) is 0 Å². The van der Waals surface area contributed by atoms with E-state index in [1.54, 1.807) is 7.11 Å². The van der Waals surface area contributed by atoms with E-state index in [0.29, 0.717) is 11.3 Å². The highest BCUT2D eigenvalue weighted by atomic mass is 16.5. The Hall–Kier alpha value is -1.23. The van der Waals surface area contributed by atoms with Gasteiger partial charge in [-0.3, -0.25) is 0 Å². The third-order valence-electron chi connectivity index (χ3n) is 1.45. The van der Waals surface area contributed by atoms with E-state index in [1.807, 2.05) is 12.2 Å². The van der Waals surface area contributed by atoms with E-state index in [2.05, 4.69) is 6.07 Å². The third kappa shape index (κ3) is 1.19. The van der Waals surface area contributed by atoms with Gasteiger partial charge in [0, 0.05) is 0 Å². The second-order valence-corrected chi connectivity index (χ2v) is 2.08. The van der Waals surface area contributed by atoms with E-state index in [9.17, 15) is 0 Å². The van der Waals surface area contributed by atoms with Crippen LogP contribution >= 0.6 is 0 Å². The maximum atomic E-state index is 8.55. The van der Waals surface area contributed by atoms with Gasteiger partial charge < -0.3 is 4.74 Å². The van der Waals surface area contributed by atoms with Crippen LogP contribution in [-0.4, -0.2) is 7.11 Å². The number of nitriles is 1. The molecule has 0 aromatic carbocycles. The monoisotopic (exact) mass is 135 g/mol. The molecule has 0 aromatic heterocycles. The molecular formula is C8H9NO. The number of rotatable bonds is 1. The standard InChI is InChI=1S/C8H9NO/c1-10-8-5-3-2-4-7(8)6-9/h4-5H,2-3H2,1H3. The maximum Gasteiger partial charge on any atom is 0.132 e. The number of allylic oxidation sites excluding steroid dienone is 3. The fraction of sp³-hybridized carbons (Fsp3) is 0.375. The largest absolute Gasteiger partial charge is 0.496 e. The molecule has 1 aliphatic carbocycles. The number of nitrogens with zero attached hydrogens (tertiary/aromatic N) is 1. The molecule has 0 amide bonds. The van der Waals surface area contributed by atoms with Crippen LogP contribution in [0.15, 0.2) is 23.5 Å². The summed E-state index contributed by atoms with van der Waals surface area (Å²) in [4.78, 5) is 0. The molecule has 0 heterocycles. The van der Waals surface area contributed by atoms with Crippen molar-refractivity contribution in [2.75, 3.05) is 7.11 Å². The van der Waals surface area contributed by atoms with Crippen molar-refractivity contribution in [2.24, 2.45) is 0 Å². The Morgan fingerprint density at radius 2 is 2.20 bits per heavy atom. The molecule has 1 rings (SSSR count). The van der Waals surface area contributed by atoms with Gasteiger partial charge in [-0.15, -0.1) is 0 Å². The van der Waals surface area contributed by atoms with Gasteiger partial charge in [0.2, 0.25) is 0 Å². The van der Waals surface area contributed by atoms with Gasteiger partial charge in [0.25, 0.3) is 0 Å². The van der Waals surface area contributed by atoms with E-state index in [0.717, 1.165) is 12.8 Å². The molecule has 0 aromatic rings. The lowest BCUT2D eigenvalue weighted by Gasteiger charge is -2.07. The minimum atomic E-state index is 0.661. The summed E-state index contributed by atoms with van der Waals surface area (Å²) in [6, 6.07) is 2.07. The van der Waals surface area contributed by atoms with Crippen LogP contribution in [0.25, 0.3) is 0 Å². The van der Waals surface area contributed by atoms with Gasteiger partial charge in [0.05, 0.1) is 12.7 Å². The Bertz CT molecular complexity index is 220.